The molecule has 0 saturated carbocycles. The molecule has 0 aliphatic heterocycles. The van der Waals surface area contributed by atoms with Gasteiger partial charge in [0.2, 0.25) is 11.2 Å². The topological polar surface area (TPSA) is 43.6 Å². The highest BCUT2D eigenvalue weighted by molar-refractivity contribution is 6.28. The third-order valence-corrected chi connectivity index (χ3v) is 6.78. The first-order chi connectivity index (χ1) is 17.8. The summed E-state index contributed by atoms with van der Waals surface area (Å²) in [5.41, 5.74) is 5.22. The highest BCUT2D eigenvalue weighted by Crippen LogP contribution is 2.36. The zero-order valence-corrected chi connectivity index (χ0v) is 19.9. The number of para-hydroxylation sites is 2. The summed E-state index contributed by atoms with van der Waals surface area (Å²) >= 11 is 6.55. The van der Waals surface area contributed by atoms with E-state index in [0.29, 0.717) is 11.8 Å². The molecule has 0 N–H and O–H groups in total. The van der Waals surface area contributed by atoms with Crippen LogP contribution in [0.4, 0.5) is 0 Å². The van der Waals surface area contributed by atoms with Crippen LogP contribution in [0.3, 0.4) is 0 Å². The molecule has 0 atom stereocenters. The second-order valence-electron chi connectivity index (χ2n) is 8.67. The maximum atomic E-state index is 6.55. The van der Waals surface area contributed by atoms with Crippen LogP contribution in [0.1, 0.15) is 0 Å². The summed E-state index contributed by atoms with van der Waals surface area (Å²) in [5.74, 6) is 1.04. The first-order valence-corrected chi connectivity index (χ1v) is 12.1. The molecule has 2 heterocycles. The molecule has 0 saturated heterocycles. The minimum atomic E-state index is 0.158. The van der Waals surface area contributed by atoms with Crippen molar-refractivity contribution in [1.29, 1.82) is 0 Å². The molecule has 170 valence electrons. The van der Waals surface area contributed by atoms with Gasteiger partial charge in [-0.15, -0.1) is 0 Å². The molecule has 5 aromatic carbocycles. The van der Waals surface area contributed by atoms with E-state index in [1.54, 1.807) is 0 Å². The summed E-state index contributed by atoms with van der Waals surface area (Å²) in [5, 5.41) is 4.64. The molecule has 7 aromatic rings. The van der Waals surface area contributed by atoms with Crippen LogP contribution in [0.15, 0.2) is 115 Å². The van der Waals surface area contributed by atoms with Crippen molar-refractivity contribution in [3.8, 4) is 28.5 Å². The normalized spacial score (nSPS) is 11.5. The second kappa shape index (κ2) is 8.29. The number of hydrogen-bond donors (Lipinski definition) is 0. The highest BCUT2D eigenvalue weighted by Gasteiger charge is 2.18. The van der Waals surface area contributed by atoms with Gasteiger partial charge in [-0.3, -0.25) is 4.57 Å². The van der Waals surface area contributed by atoms with E-state index in [2.05, 4.69) is 93.4 Å². The number of aromatic nitrogens is 4. The Bertz CT molecular complexity index is 1850. The van der Waals surface area contributed by atoms with Gasteiger partial charge in [0.05, 0.1) is 11.0 Å². The number of hydrogen-bond acceptors (Lipinski definition) is 3. The molecule has 0 spiro atoms. The van der Waals surface area contributed by atoms with Crippen molar-refractivity contribution in [1.82, 2.24) is 19.5 Å². The van der Waals surface area contributed by atoms with E-state index in [0.717, 1.165) is 49.3 Å². The molecule has 7 rings (SSSR count). The van der Waals surface area contributed by atoms with Gasteiger partial charge in [0, 0.05) is 21.7 Å². The summed E-state index contributed by atoms with van der Waals surface area (Å²) in [6.07, 6.45) is 0. The average molecular weight is 483 g/mol. The fraction of sp³-hybridized carbons (Fsp3) is 0. The van der Waals surface area contributed by atoms with E-state index in [-0.39, 0.29) is 5.28 Å². The molecule has 0 bridgehead atoms. The van der Waals surface area contributed by atoms with Gasteiger partial charge in [0.15, 0.2) is 5.82 Å². The molecule has 0 aliphatic carbocycles. The molecule has 2 aromatic heterocycles. The largest absolute Gasteiger partial charge is 0.278 e. The number of rotatable bonds is 3. The van der Waals surface area contributed by atoms with E-state index < -0.39 is 0 Å². The Morgan fingerprint density at radius 3 is 1.83 bits per heavy atom. The molecule has 5 heteroatoms. The predicted octanol–water partition coefficient (Wildman–Crippen LogP) is 8.11. The molecule has 0 fully saturated rings. The van der Waals surface area contributed by atoms with Crippen LogP contribution in [-0.2, 0) is 0 Å². The smallest absolute Gasteiger partial charge is 0.239 e. The van der Waals surface area contributed by atoms with E-state index in [4.69, 9.17) is 16.6 Å². The lowest BCUT2D eigenvalue weighted by molar-refractivity contribution is 0.948. The van der Waals surface area contributed by atoms with E-state index in [9.17, 15) is 0 Å². The van der Waals surface area contributed by atoms with E-state index in [1.165, 1.54) is 0 Å². The predicted molar refractivity (Wildman–Crippen MR) is 148 cm³/mol. The second-order valence-corrected chi connectivity index (χ2v) is 9.01. The first-order valence-electron chi connectivity index (χ1n) is 11.8. The summed E-state index contributed by atoms with van der Waals surface area (Å²) < 4.78 is 2.06. The molecule has 4 nitrogen and oxygen atoms in total. The first kappa shape index (κ1) is 20.8. The minimum absolute atomic E-state index is 0.158. The maximum absolute atomic E-state index is 6.55. The third kappa shape index (κ3) is 3.27. The van der Waals surface area contributed by atoms with Crippen LogP contribution in [0.5, 0.6) is 0 Å². The minimum Gasteiger partial charge on any atom is -0.278 e. The fourth-order valence-corrected chi connectivity index (χ4v) is 5.24. The Balaban J connectivity index is 1.52. The Kier molecular flexibility index (Phi) is 4.79. The van der Waals surface area contributed by atoms with E-state index >= 15 is 0 Å². The van der Waals surface area contributed by atoms with Gasteiger partial charge in [-0.05, 0) is 40.2 Å². The van der Waals surface area contributed by atoms with Gasteiger partial charge >= 0.3 is 0 Å². The van der Waals surface area contributed by atoms with Crippen LogP contribution in [-0.4, -0.2) is 19.5 Å². The Morgan fingerprint density at radius 2 is 1.14 bits per heavy atom. The number of nitrogens with zero attached hydrogens (tertiary/aromatic N) is 4. The summed E-state index contributed by atoms with van der Waals surface area (Å²) in [7, 11) is 0. The Morgan fingerprint density at radius 1 is 0.528 bits per heavy atom. The molecule has 0 amide bonds. The quantitative estimate of drug-likeness (QED) is 0.255. The van der Waals surface area contributed by atoms with Crippen molar-refractivity contribution in [3.05, 3.63) is 121 Å². The van der Waals surface area contributed by atoms with Crippen LogP contribution >= 0.6 is 11.6 Å². The van der Waals surface area contributed by atoms with Crippen LogP contribution < -0.4 is 0 Å². The van der Waals surface area contributed by atoms with Crippen molar-refractivity contribution in [2.24, 2.45) is 0 Å². The molecule has 36 heavy (non-hydrogen) atoms. The van der Waals surface area contributed by atoms with Crippen LogP contribution in [0.25, 0.3) is 61.0 Å². The van der Waals surface area contributed by atoms with Crippen molar-refractivity contribution in [2.45, 2.75) is 0 Å². The Labute approximate surface area is 212 Å². The van der Waals surface area contributed by atoms with Gasteiger partial charge in [-0.25, -0.2) is 0 Å². The summed E-state index contributed by atoms with van der Waals surface area (Å²) in [4.78, 5) is 14.1. The summed E-state index contributed by atoms with van der Waals surface area (Å²) in [6.45, 7) is 0. The number of halogens is 1. The van der Waals surface area contributed by atoms with Gasteiger partial charge in [-0.2, -0.15) is 15.0 Å². The van der Waals surface area contributed by atoms with Crippen molar-refractivity contribution >= 4 is 44.2 Å². The third-order valence-electron chi connectivity index (χ3n) is 6.61. The van der Waals surface area contributed by atoms with Gasteiger partial charge in [0.1, 0.15) is 0 Å². The molecule has 0 unspecified atom stereocenters. The molecule has 0 radical (unpaired) electrons. The van der Waals surface area contributed by atoms with Gasteiger partial charge in [0.25, 0.3) is 0 Å². The standard InChI is InChI=1S/C31H19ClN4/c32-30-33-29(25-17-9-13-21-12-8-16-22(28(21)25)20-10-2-1-3-11-20)34-31(35-30)36-26-18-6-4-14-23(26)24-15-5-7-19-27(24)36/h1-19H. The van der Waals surface area contributed by atoms with Crippen molar-refractivity contribution in [2.75, 3.05) is 0 Å². The van der Waals surface area contributed by atoms with Crippen LogP contribution in [0.2, 0.25) is 5.28 Å². The maximum Gasteiger partial charge on any atom is 0.239 e. The SMILES string of the molecule is Clc1nc(-c2cccc3cccc(-c4ccccc4)c23)nc(-n2c3ccccc3c3ccccc32)n1. The van der Waals surface area contributed by atoms with Gasteiger partial charge in [-0.1, -0.05) is 103 Å². The average Bonchev–Trinajstić information content (AvgIpc) is 3.27. The van der Waals surface area contributed by atoms with E-state index in [1.807, 2.05) is 36.4 Å². The zero-order valence-electron chi connectivity index (χ0n) is 19.1. The molecule has 0 aliphatic rings. The number of fused-ring (bicyclic) bond motifs is 4. The highest BCUT2D eigenvalue weighted by atomic mass is 35.5. The lowest BCUT2D eigenvalue weighted by atomic mass is 9.94. The Hall–Kier alpha value is -4.54. The lowest BCUT2D eigenvalue weighted by Gasteiger charge is -2.13. The summed E-state index contributed by atoms with van der Waals surface area (Å²) in [6, 6.07) is 39.5. The molecular weight excluding hydrogens is 464 g/mol. The lowest BCUT2D eigenvalue weighted by Crippen LogP contribution is -2.05. The monoisotopic (exact) mass is 482 g/mol. The van der Waals surface area contributed by atoms with Crippen molar-refractivity contribution < 1.29 is 0 Å². The van der Waals surface area contributed by atoms with Gasteiger partial charge < -0.3 is 0 Å². The molecular formula is C31H19ClN4. The van der Waals surface area contributed by atoms with Crippen LogP contribution in [0, 0.1) is 0 Å². The zero-order chi connectivity index (χ0) is 24.1. The van der Waals surface area contributed by atoms with Crippen molar-refractivity contribution in [3.63, 3.8) is 0 Å². The fourth-order valence-electron chi connectivity index (χ4n) is 5.08. The number of benzene rings is 5.